The van der Waals surface area contributed by atoms with Gasteiger partial charge in [0.15, 0.2) is 0 Å². The van der Waals surface area contributed by atoms with Gasteiger partial charge in [0, 0.05) is 25.2 Å². The van der Waals surface area contributed by atoms with Gasteiger partial charge < -0.3 is 10.1 Å². The van der Waals surface area contributed by atoms with E-state index in [2.05, 4.69) is 56.4 Å². The molecule has 0 amide bonds. The third kappa shape index (κ3) is 4.31. The molecule has 21 heavy (non-hydrogen) atoms. The van der Waals surface area contributed by atoms with Crippen molar-refractivity contribution in [3.05, 3.63) is 35.9 Å². The molecule has 3 atom stereocenters. The minimum absolute atomic E-state index is 0.566. The lowest BCUT2D eigenvalue weighted by Gasteiger charge is -2.39. The molecule has 2 nitrogen and oxygen atoms in total. The lowest BCUT2D eigenvalue weighted by atomic mass is 9.73. The number of benzene rings is 1. The molecule has 0 aliphatic carbocycles. The Morgan fingerprint density at radius 1 is 1.14 bits per heavy atom. The second-order valence-corrected chi connectivity index (χ2v) is 6.36. The highest BCUT2D eigenvalue weighted by Gasteiger charge is 2.33. The lowest BCUT2D eigenvalue weighted by molar-refractivity contribution is 0.0466. The number of nitrogens with one attached hydrogen (secondary N) is 1. The average Bonchev–Trinajstić information content (AvgIpc) is 2.56. The van der Waals surface area contributed by atoms with Crippen molar-refractivity contribution < 1.29 is 4.74 Å². The number of hydrogen-bond donors (Lipinski definition) is 1. The van der Waals surface area contributed by atoms with Crippen molar-refractivity contribution in [2.24, 2.45) is 11.8 Å². The second-order valence-electron chi connectivity index (χ2n) is 6.36. The Bertz CT molecular complexity index is 386. The largest absolute Gasteiger partial charge is 0.381 e. The van der Waals surface area contributed by atoms with Gasteiger partial charge >= 0.3 is 0 Å². The van der Waals surface area contributed by atoms with Crippen LogP contribution in [0.25, 0.3) is 0 Å². The van der Waals surface area contributed by atoms with Crippen molar-refractivity contribution in [2.75, 3.05) is 19.8 Å². The van der Waals surface area contributed by atoms with Gasteiger partial charge in [-0.3, -0.25) is 0 Å². The van der Waals surface area contributed by atoms with Crippen molar-refractivity contribution in [2.45, 2.75) is 52.0 Å². The van der Waals surface area contributed by atoms with Crippen LogP contribution in [-0.4, -0.2) is 25.8 Å². The fraction of sp³-hybridized carbons (Fsp3) is 0.684. The summed E-state index contributed by atoms with van der Waals surface area (Å²) in [6.07, 6.45) is 3.61. The predicted octanol–water partition coefficient (Wildman–Crippen LogP) is 4.22. The number of rotatable bonds is 7. The molecule has 3 unspecified atom stereocenters. The third-order valence-corrected chi connectivity index (χ3v) is 5.04. The maximum atomic E-state index is 5.57. The van der Waals surface area contributed by atoms with Gasteiger partial charge in [0.05, 0.1) is 0 Å². The van der Waals surface area contributed by atoms with Crippen LogP contribution in [0, 0.1) is 11.8 Å². The zero-order valence-corrected chi connectivity index (χ0v) is 13.8. The Morgan fingerprint density at radius 3 is 2.38 bits per heavy atom. The Hall–Kier alpha value is -0.860. The Labute approximate surface area is 130 Å². The van der Waals surface area contributed by atoms with E-state index in [1.54, 1.807) is 0 Å². The Morgan fingerprint density at radius 2 is 1.81 bits per heavy atom. The molecule has 1 aromatic rings. The van der Waals surface area contributed by atoms with Crippen molar-refractivity contribution in [1.82, 2.24) is 5.32 Å². The molecule has 1 aliphatic rings. The molecule has 1 heterocycles. The molecule has 1 aromatic carbocycles. The number of hydrogen-bond acceptors (Lipinski definition) is 2. The van der Waals surface area contributed by atoms with Crippen LogP contribution < -0.4 is 5.32 Å². The van der Waals surface area contributed by atoms with Crippen LogP contribution in [0.1, 0.15) is 51.5 Å². The molecule has 0 radical (unpaired) electrons. The Balaban J connectivity index is 2.25. The quantitative estimate of drug-likeness (QED) is 0.811. The maximum Gasteiger partial charge on any atom is 0.0469 e. The first-order chi connectivity index (χ1) is 10.3. The van der Waals surface area contributed by atoms with Gasteiger partial charge in [0.1, 0.15) is 0 Å². The molecule has 0 saturated carbocycles. The van der Waals surface area contributed by atoms with Gasteiger partial charge in [-0.25, -0.2) is 0 Å². The minimum Gasteiger partial charge on any atom is -0.381 e. The van der Waals surface area contributed by atoms with E-state index in [-0.39, 0.29) is 0 Å². The fourth-order valence-corrected chi connectivity index (χ4v) is 3.72. The highest BCUT2D eigenvalue weighted by Crippen LogP contribution is 2.36. The molecule has 1 aliphatic heterocycles. The van der Waals surface area contributed by atoms with Crippen LogP contribution in [0.2, 0.25) is 0 Å². The van der Waals surface area contributed by atoms with Crippen molar-refractivity contribution in [3.8, 4) is 0 Å². The van der Waals surface area contributed by atoms with E-state index in [4.69, 9.17) is 4.74 Å². The first kappa shape index (κ1) is 16.5. The van der Waals surface area contributed by atoms with Crippen LogP contribution in [-0.2, 0) is 4.74 Å². The van der Waals surface area contributed by atoms with Crippen LogP contribution in [0.3, 0.4) is 0 Å². The molecule has 0 aromatic heterocycles. The molecule has 1 saturated heterocycles. The molecule has 2 rings (SSSR count). The molecule has 1 fully saturated rings. The van der Waals surface area contributed by atoms with Gasteiger partial charge in [-0.2, -0.15) is 0 Å². The average molecular weight is 289 g/mol. The highest BCUT2D eigenvalue weighted by molar-refractivity contribution is 5.22. The van der Waals surface area contributed by atoms with Gasteiger partial charge in [0.2, 0.25) is 0 Å². The molecule has 1 N–H and O–H groups in total. The summed E-state index contributed by atoms with van der Waals surface area (Å²) >= 11 is 0. The molecule has 2 heteroatoms. The van der Waals surface area contributed by atoms with Gasteiger partial charge in [-0.1, -0.05) is 57.5 Å². The van der Waals surface area contributed by atoms with E-state index in [1.807, 2.05) is 0 Å². The second kappa shape index (κ2) is 8.55. The summed E-state index contributed by atoms with van der Waals surface area (Å²) in [6.45, 7) is 9.84. The van der Waals surface area contributed by atoms with Crippen molar-refractivity contribution in [1.29, 1.82) is 0 Å². The maximum absolute atomic E-state index is 5.57. The predicted molar refractivity (Wildman–Crippen MR) is 89.6 cm³/mol. The summed E-state index contributed by atoms with van der Waals surface area (Å²) in [6, 6.07) is 11.7. The SMILES string of the molecule is CCNC(C1CCOCC1)C(c1ccccc1)C(C)CC. The molecule has 118 valence electrons. The normalized spacial score (nSPS) is 20.9. The summed E-state index contributed by atoms with van der Waals surface area (Å²) in [7, 11) is 0. The zero-order valence-electron chi connectivity index (χ0n) is 13.8. The van der Waals surface area contributed by atoms with Crippen LogP contribution in [0.4, 0.5) is 0 Å². The molecular weight excluding hydrogens is 258 g/mol. The number of likely N-dealkylation sites (N-methyl/N-ethyl adjacent to an activating group) is 1. The lowest BCUT2D eigenvalue weighted by Crippen LogP contribution is -2.45. The summed E-state index contributed by atoms with van der Waals surface area (Å²) < 4.78 is 5.57. The Kier molecular flexibility index (Phi) is 6.72. The van der Waals surface area contributed by atoms with E-state index < -0.39 is 0 Å². The minimum atomic E-state index is 0.566. The fourth-order valence-electron chi connectivity index (χ4n) is 3.72. The van der Waals surface area contributed by atoms with E-state index >= 15 is 0 Å². The first-order valence-corrected chi connectivity index (χ1v) is 8.64. The van der Waals surface area contributed by atoms with Gasteiger partial charge in [-0.15, -0.1) is 0 Å². The summed E-state index contributed by atoms with van der Waals surface area (Å²) in [5, 5.41) is 3.81. The summed E-state index contributed by atoms with van der Waals surface area (Å²) in [5.41, 5.74) is 1.49. The molecular formula is C19H31NO. The zero-order chi connectivity index (χ0) is 15.1. The standard InChI is InChI=1S/C19H31NO/c1-4-15(3)18(16-9-7-6-8-10-16)19(20-5-2)17-11-13-21-14-12-17/h6-10,15,17-20H,4-5,11-14H2,1-3H3. The van der Waals surface area contributed by atoms with Crippen molar-refractivity contribution in [3.63, 3.8) is 0 Å². The van der Waals surface area contributed by atoms with Gasteiger partial charge in [-0.05, 0) is 36.8 Å². The molecule has 0 bridgehead atoms. The van der Waals surface area contributed by atoms with Crippen LogP contribution in [0.15, 0.2) is 30.3 Å². The van der Waals surface area contributed by atoms with Crippen LogP contribution in [0.5, 0.6) is 0 Å². The van der Waals surface area contributed by atoms with Crippen molar-refractivity contribution >= 4 is 0 Å². The third-order valence-electron chi connectivity index (χ3n) is 5.04. The summed E-state index contributed by atoms with van der Waals surface area (Å²) in [4.78, 5) is 0. The smallest absolute Gasteiger partial charge is 0.0469 e. The van der Waals surface area contributed by atoms with E-state index in [0.29, 0.717) is 17.9 Å². The molecule has 0 spiro atoms. The highest BCUT2D eigenvalue weighted by atomic mass is 16.5. The van der Waals surface area contributed by atoms with Crippen LogP contribution >= 0.6 is 0 Å². The van der Waals surface area contributed by atoms with Gasteiger partial charge in [0.25, 0.3) is 0 Å². The van der Waals surface area contributed by atoms with E-state index in [9.17, 15) is 0 Å². The summed E-state index contributed by atoms with van der Waals surface area (Å²) in [5.74, 6) is 2.02. The number of ether oxygens (including phenoxy) is 1. The van der Waals surface area contributed by atoms with E-state index in [1.165, 1.54) is 24.8 Å². The first-order valence-electron chi connectivity index (χ1n) is 8.64. The topological polar surface area (TPSA) is 21.3 Å². The van der Waals surface area contributed by atoms with E-state index in [0.717, 1.165) is 25.7 Å². The monoisotopic (exact) mass is 289 g/mol.